The standard InChI is InChI=1S/C21H30N2O3/c1-14(2)18-11-17(15(3)26-18)20(25)22-10-4-8-21(12-22)9-7-19(24)23(13-21)16-5-6-16/h11,14,16H,4-10,12-13H2,1-3H3/t21-/m1/s1. The first-order valence-electron chi connectivity index (χ1n) is 10.1. The van der Waals surface area contributed by atoms with Crippen LogP contribution in [0.15, 0.2) is 10.5 Å². The molecule has 1 atom stereocenters. The van der Waals surface area contributed by atoms with E-state index in [1.54, 1.807) is 0 Å². The number of piperidine rings is 2. The van der Waals surface area contributed by atoms with Crippen LogP contribution in [0.4, 0.5) is 0 Å². The Hall–Kier alpha value is -1.78. The Morgan fingerprint density at radius 1 is 1.27 bits per heavy atom. The molecule has 26 heavy (non-hydrogen) atoms. The summed E-state index contributed by atoms with van der Waals surface area (Å²) in [5.41, 5.74) is 0.792. The molecule has 2 amide bonds. The van der Waals surface area contributed by atoms with E-state index in [-0.39, 0.29) is 17.2 Å². The van der Waals surface area contributed by atoms with E-state index < -0.39 is 0 Å². The second kappa shape index (κ2) is 6.43. The van der Waals surface area contributed by atoms with Crippen molar-refractivity contribution in [2.24, 2.45) is 5.41 Å². The van der Waals surface area contributed by atoms with Crippen LogP contribution in [0.3, 0.4) is 0 Å². The van der Waals surface area contributed by atoms with Gasteiger partial charge >= 0.3 is 0 Å². The molecule has 0 radical (unpaired) electrons. The van der Waals surface area contributed by atoms with Gasteiger partial charge in [0.25, 0.3) is 5.91 Å². The van der Waals surface area contributed by atoms with Crippen LogP contribution in [-0.4, -0.2) is 47.3 Å². The fraction of sp³-hybridized carbons (Fsp3) is 0.714. The predicted molar refractivity (Wildman–Crippen MR) is 99.1 cm³/mol. The minimum atomic E-state index is 0.0862. The molecule has 0 N–H and O–H groups in total. The zero-order valence-electron chi connectivity index (χ0n) is 16.2. The number of hydrogen-bond acceptors (Lipinski definition) is 3. The maximum atomic E-state index is 13.2. The van der Waals surface area contributed by atoms with Crippen molar-refractivity contribution >= 4 is 11.8 Å². The first-order chi connectivity index (χ1) is 12.4. The number of hydrogen-bond donors (Lipinski definition) is 0. The topological polar surface area (TPSA) is 53.8 Å². The number of carbonyl (C=O) groups is 2. The Kier molecular flexibility index (Phi) is 4.36. The van der Waals surface area contributed by atoms with E-state index in [4.69, 9.17) is 4.42 Å². The largest absolute Gasteiger partial charge is 0.465 e. The third-order valence-electron chi connectivity index (χ3n) is 6.37. The number of carbonyl (C=O) groups excluding carboxylic acids is 2. The summed E-state index contributed by atoms with van der Waals surface area (Å²) in [5.74, 6) is 2.28. The third-order valence-corrected chi connectivity index (χ3v) is 6.37. The molecule has 1 spiro atoms. The van der Waals surface area contributed by atoms with Crippen molar-refractivity contribution in [3.05, 3.63) is 23.2 Å². The first-order valence-corrected chi connectivity index (χ1v) is 10.1. The van der Waals surface area contributed by atoms with Crippen LogP contribution in [0.1, 0.15) is 80.2 Å². The maximum Gasteiger partial charge on any atom is 0.257 e. The van der Waals surface area contributed by atoms with Crippen LogP contribution in [0, 0.1) is 12.3 Å². The Morgan fingerprint density at radius 3 is 2.69 bits per heavy atom. The average molecular weight is 358 g/mol. The van der Waals surface area contributed by atoms with Gasteiger partial charge in [0, 0.05) is 43.4 Å². The Balaban J connectivity index is 1.51. The van der Waals surface area contributed by atoms with Gasteiger partial charge in [0.05, 0.1) is 5.56 Å². The molecule has 0 aromatic carbocycles. The van der Waals surface area contributed by atoms with Gasteiger partial charge in [0.2, 0.25) is 5.91 Å². The van der Waals surface area contributed by atoms with Crippen molar-refractivity contribution in [3.8, 4) is 0 Å². The highest BCUT2D eigenvalue weighted by Crippen LogP contribution is 2.42. The summed E-state index contributed by atoms with van der Waals surface area (Å²) in [7, 11) is 0. The number of amides is 2. The summed E-state index contributed by atoms with van der Waals surface area (Å²) in [5, 5.41) is 0. The van der Waals surface area contributed by atoms with Gasteiger partial charge in [-0.25, -0.2) is 0 Å². The van der Waals surface area contributed by atoms with Crippen molar-refractivity contribution in [2.45, 2.75) is 71.3 Å². The van der Waals surface area contributed by atoms with E-state index in [1.165, 1.54) is 0 Å². The second-order valence-electron chi connectivity index (χ2n) is 8.86. The molecule has 3 fully saturated rings. The molecule has 142 valence electrons. The molecule has 3 heterocycles. The number of aryl methyl sites for hydroxylation is 1. The molecule has 1 aromatic rings. The van der Waals surface area contributed by atoms with Crippen LogP contribution in [0.25, 0.3) is 0 Å². The molecule has 2 saturated heterocycles. The lowest BCUT2D eigenvalue weighted by Crippen LogP contribution is -2.55. The van der Waals surface area contributed by atoms with Gasteiger partial charge in [0.15, 0.2) is 0 Å². The van der Waals surface area contributed by atoms with Gasteiger partial charge in [-0.05, 0) is 45.1 Å². The minimum absolute atomic E-state index is 0.0862. The van der Waals surface area contributed by atoms with Gasteiger partial charge in [-0.1, -0.05) is 13.8 Å². The summed E-state index contributed by atoms with van der Waals surface area (Å²) in [4.78, 5) is 29.6. The Morgan fingerprint density at radius 2 is 2.04 bits per heavy atom. The lowest BCUT2D eigenvalue weighted by atomic mass is 9.73. The smallest absolute Gasteiger partial charge is 0.257 e. The summed E-state index contributed by atoms with van der Waals surface area (Å²) in [6.45, 7) is 8.44. The summed E-state index contributed by atoms with van der Waals surface area (Å²) in [6, 6.07) is 2.39. The minimum Gasteiger partial charge on any atom is -0.465 e. The van der Waals surface area contributed by atoms with E-state index in [1.807, 2.05) is 17.9 Å². The van der Waals surface area contributed by atoms with Crippen molar-refractivity contribution in [3.63, 3.8) is 0 Å². The van der Waals surface area contributed by atoms with Crippen LogP contribution >= 0.6 is 0 Å². The molecule has 0 unspecified atom stereocenters. The molecule has 5 nitrogen and oxygen atoms in total. The zero-order valence-corrected chi connectivity index (χ0v) is 16.2. The summed E-state index contributed by atoms with van der Waals surface area (Å²) >= 11 is 0. The van der Waals surface area contributed by atoms with E-state index in [9.17, 15) is 9.59 Å². The number of likely N-dealkylation sites (tertiary alicyclic amines) is 2. The highest BCUT2D eigenvalue weighted by molar-refractivity contribution is 5.95. The molecule has 1 aromatic heterocycles. The zero-order chi connectivity index (χ0) is 18.5. The Bertz CT molecular complexity index is 719. The molecule has 5 heteroatoms. The fourth-order valence-corrected chi connectivity index (χ4v) is 4.65. The van der Waals surface area contributed by atoms with Gasteiger partial charge in [0.1, 0.15) is 11.5 Å². The number of rotatable bonds is 3. The lowest BCUT2D eigenvalue weighted by molar-refractivity contribution is -0.139. The van der Waals surface area contributed by atoms with Crippen LogP contribution in [-0.2, 0) is 4.79 Å². The van der Waals surface area contributed by atoms with Crippen LogP contribution in [0.5, 0.6) is 0 Å². The van der Waals surface area contributed by atoms with Crippen molar-refractivity contribution in [1.29, 1.82) is 0 Å². The molecular weight excluding hydrogens is 328 g/mol. The van der Waals surface area contributed by atoms with Crippen LogP contribution < -0.4 is 0 Å². The predicted octanol–water partition coefficient (Wildman–Crippen LogP) is 3.72. The average Bonchev–Trinajstić information content (AvgIpc) is 3.38. The SMILES string of the molecule is Cc1oc(C(C)C)cc1C(=O)N1CCC[C@@]2(CCC(=O)N(C3CC3)C2)C1. The van der Waals surface area contributed by atoms with E-state index in [0.29, 0.717) is 23.9 Å². The van der Waals surface area contributed by atoms with Gasteiger partial charge < -0.3 is 14.2 Å². The van der Waals surface area contributed by atoms with Crippen molar-refractivity contribution in [1.82, 2.24) is 9.80 Å². The van der Waals surface area contributed by atoms with Crippen molar-refractivity contribution < 1.29 is 14.0 Å². The van der Waals surface area contributed by atoms with E-state index in [0.717, 1.165) is 63.3 Å². The van der Waals surface area contributed by atoms with Gasteiger partial charge in [-0.2, -0.15) is 0 Å². The quantitative estimate of drug-likeness (QED) is 0.827. The van der Waals surface area contributed by atoms with E-state index in [2.05, 4.69) is 18.7 Å². The molecule has 2 aliphatic heterocycles. The number of nitrogens with zero attached hydrogens (tertiary/aromatic N) is 2. The fourth-order valence-electron chi connectivity index (χ4n) is 4.65. The molecule has 0 bridgehead atoms. The molecule has 3 aliphatic rings. The van der Waals surface area contributed by atoms with Crippen LogP contribution in [0.2, 0.25) is 0 Å². The normalized spacial score (nSPS) is 26.8. The highest BCUT2D eigenvalue weighted by atomic mass is 16.3. The monoisotopic (exact) mass is 358 g/mol. The number of furan rings is 1. The second-order valence-corrected chi connectivity index (χ2v) is 8.86. The lowest BCUT2D eigenvalue weighted by Gasteiger charge is -2.48. The highest BCUT2D eigenvalue weighted by Gasteiger charge is 2.46. The van der Waals surface area contributed by atoms with Gasteiger partial charge in [-0.15, -0.1) is 0 Å². The molecule has 1 aliphatic carbocycles. The third kappa shape index (κ3) is 3.17. The molecular formula is C21H30N2O3. The van der Waals surface area contributed by atoms with E-state index >= 15 is 0 Å². The summed E-state index contributed by atoms with van der Waals surface area (Å²) < 4.78 is 5.80. The Labute approximate surface area is 155 Å². The molecule has 4 rings (SSSR count). The summed E-state index contributed by atoms with van der Waals surface area (Å²) in [6.07, 6.45) is 6.00. The van der Waals surface area contributed by atoms with Gasteiger partial charge in [-0.3, -0.25) is 9.59 Å². The first kappa shape index (κ1) is 17.6. The van der Waals surface area contributed by atoms with Crippen molar-refractivity contribution in [2.75, 3.05) is 19.6 Å². The maximum absolute atomic E-state index is 13.2. The molecule has 1 saturated carbocycles.